The lowest BCUT2D eigenvalue weighted by Gasteiger charge is -2.09. The van der Waals surface area contributed by atoms with E-state index in [4.69, 9.17) is 0 Å². The van der Waals surface area contributed by atoms with E-state index >= 15 is 0 Å². The van der Waals surface area contributed by atoms with E-state index in [-0.39, 0.29) is 5.56 Å². The number of carbonyl (C=O) groups is 1. The zero-order valence-electron chi connectivity index (χ0n) is 9.84. The summed E-state index contributed by atoms with van der Waals surface area (Å²) in [6.07, 6.45) is 0.844. The summed E-state index contributed by atoms with van der Waals surface area (Å²) in [6, 6.07) is 2.27. The summed E-state index contributed by atoms with van der Waals surface area (Å²) in [5.74, 6) is -1.49. The number of nitrogens with one attached hydrogen (secondary N) is 2. The lowest BCUT2D eigenvalue weighted by molar-refractivity contribution is -0.120. The van der Waals surface area contributed by atoms with Crippen molar-refractivity contribution < 1.29 is 13.6 Å². The highest BCUT2D eigenvalue weighted by Crippen LogP contribution is 2.20. The van der Waals surface area contributed by atoms with Crippen LogP contribution in [-0.4, -0.2) is 18.4 Å². The van der Waals surface area contributed by atoms with E-state index in [1.165, 1.54) is 6.07 Å². The number of halogens is 2. The van der Waals surface area contributed by atoms with Gasteiger partial charge in [0.1, 0.15) is 17.7 Å². The average Bonchev–Trinajstić information content (AvgIpc) is 2.68. The van der Waals surface area contributed by atoms with Gasteiger partial charge >= 0.3 is 0 Å². The quantitative estimate of drug-likeness (QED) is 0.857. The third-order valence-electron chi connectivity index (χ3n) is 2.55. The Balaban J connectivity index is 2.21. The van der Waals surface area contributed by atoms with Crippen LogP contribution < -0.4 is 10.6 Å². The van der Waals surface area contributed by atoms with Crippen molar-refractivity contribution in [1.82, 2.24) is 10.6 Å². The fourth-order valence-corrected chi connectivity index (χ4v) is 1.69. The molecule has 4 nitrogen and oxygen atoms in total. The van der Waals surface area contributed by atoms with E-state index in [0.717, 1.165) is 18.6 Å². The minimum absolute atomic E-state index is 0.107. The maximum atomic E-state index is 13.6. The predicted octanol–water partition coefficient (Wildman–Crippen LogP) is 1.49. The van der Waals surface area contributed by atoms with Crippen LogP contribution >= 0.6 is 0 Å². The van der Waals surface area contributed by atoms with Crippen molar-refractivity contribution >= 4 is 11.9 Å². The first-order chi connectivity index (χ1) is 8.61. The first-order valence-corrected chi connectivity index (χ1v) is 5.68. The number of carbonyl (C=O) groups excluding carboxylic acids is 1. The molecule has 6 heteroatoms. The van der Waals surface area contributed by atoms with Gasteiger partial charge in [-0.2, -0.15) is 0 Å². The van der Waals surface area contributed by atoms with Crippen molar-refractivity contribution in [3.63, 3.8) is 0 Å². The normalized spacial score (nSPS) is 20.9. The van der Waals surface area contributed by atoms with Gasteiger partial charge < -0.3 is 5.32 Å². The number of amides is 1. The molecule has 2 N–H and O–H groups in total. The molecule has 1 aliphatic rings. The molecule has 0 saturated carbocycles. The summed E-state index contributed by atoms with van der Waals surface area (Å²) in [4.78, 5) is 15.8. The van der Waals surface area contributed by atoms with Gasteiger partial charge in [-0.05, 0) is 12.5 Å². The monoisotopic (exact) mass is 253 g/mol. The smallest absolute Gasteiger partial charge is 0.254 e. The molecule has 1 fully saturated rings. The Labute approximate surface area is 103 Å². The van der Waals surface area contributed by atoms with E-state index < -0.39 is 23.6 Å². The molecule has 1 heterocycles. The molecule has 18 heavy (non-hydrogen) atoms. The highest BCUT2D eigenvalue weighted by molar-refractivity contribution is 6.06. The molecule has 1 atom stereocenters. The van der Waals surface area contributed by atoms with Gasteiger partial charge in [-0.25, -0.2) is 8.78 Å². The second-order valence-corrected chi connectivity index (χ2v) is 3.96. The molecule has 0 bridgehead atoms. The van der Waals surface area contributed by atoms with Gasteiger partial charge in [0, 0.05) is 18.2 Å². The van der Waals surface area contributed by atoms with E-state index in [1.54, 1.807) is 0 Å². The van der Waals surface area contributed by atoms with Gasteiger partial charge in [-0.3, -0.25) is 15.1 Å². The number of nitrogens with zero attached hydrogens (tertiary/aromatic N) is 1. The van der Waals surface area contributed by atoms with Crippen LogP contribution in [0.3, 0.4) is 0 Å². The third-order valence-corrected chi connectivity index (χ3v) is 2.55. The molecular weight excluding hydrogens is 240 g/mol. The van der Waals surface area contributed by atoms with Crippen LogP contribution in [0.2, 0.25) is 0 Å². The van der Waals surface area contributed by atoms with Crippen molar-refractivity contribution in [1.29, 1.82) is 0 Å². The van der Waals surface area contributed by atoms with Crippen LogP contribution in [0.1, 0.15) is 24.9 Å². The molecule has 2 rings (SSSR count). The van der Waals surface area contributed by atoms with E-state index in [2.05, 4.69) is 15.6 Å². The number of benzene rings is 1. The second-order valence-electron chi connectivity index (χ2n) is 3.96. The Kier molecular flexibility index (Phi) is 3.55. The van der Waals surface area contributed by atoms with Gasteiger partial charge in [0.25, 0.3) is 5.91 Å². The number of guanidine groups is 1. The van der Waals surface area contributed by atoms with Gasteiger partial charge in [-0.1, -0.05) is 13.0 Å². The SMILES string of the molecule is CCCN=C1NC(=O)C(c2ccc(F)cc2F)N1. The maximum absolute atomic E-state index is 13.6. The van der Waals surface area contributed by atoms with Crippen molar-refractivity contribution in [2.24, 2.45) is 4.99 Å². The first kappa shape index (κ1) is 12.5. The zero-order chi connectivity index (χ0) is 13.1. The van der Waals surface area contributed by atoms with Crippen LogP contribution in [0.15, 0.2) is 23.2 Å². The lowest BCUT2D eigenvalue weighted by Crippen LogP contribution is -2.25. The zero-order valence-corrected chi connectivity index (χ0v) is 9.84. The summed E-state index contributed by atoms with van der Waals surface area (Å²) in [5.41, 5.74) is 0.107. The highest BCUT2D eigenvalue weighted by Gasteiger charge is 2.31. The Morgan fingerprint density at radius 2 is 2.17 bits per heavy atom. The minimum atomic E-state index is -0.860. The molecule has 0 spiro atoms. The molecule has 1 unspecified atom stereocenters. The van der Waals surface area contributed by atoms with Gasteiger partial charge in [-0.15, -0.1) is 0 Å². The summed E-state index contributed by atoms with van der Waals surface area (Å²) < 4.78 is 26.3. The first-order valence-electron chi connectivity index (χ1n) is 5.68. The summed E-state index contributed by atoms with van der Waals surface area (Å²) >= 11 is 0. The van der Waals surface area contributed by atoms with Crippen LogP contribution in [0.4, 0.5) is 8.78 Å². The van der Waals surface area contributed by atoms with Crippen molar-refractivity contribution in [3.05, 3.63) is 35.4 Å². The van der Waals surface area contributed by atoms with E-state index in [9.17, 15) is 13.6 Å². The van der Waals surface area contributed by atoms with Crippen LogP contribution in [0.25, 0.3) is 0 Å². The molecule has 1 aromatic carbocycles. The largest absolute Gasteiger partial charge is 0.340 e. The van der Waals surface area contributed by atoms with E-state index in [0.29, 0.717) is 12.5 Å². The minimum Gasteiger partial charge on any atom is -0.340 e. The predicted molar refractivity (Wildman–Crippen MR) is 63.0 cm³/mol. The Morgan fingerprint density at radius 3 is 2.83 bits per heavy atom. The highest BCUT2D eigenvalue weighted by atomic mass is 19.1. The maximum Gasteiger partial charge on any atom is 0.254 e. The van der Waals surface area contributed by atoms with Gasteiger partial charge in [0.15, 0.2) is 5.96 Å². The Bertz CT molecular complexity index is 502. The van der Waals surface area contributed by atoms with Crippen molar-refractivity contribution in [3.8, 4) is 0 Å². The molecule has 0 aliphatic carbocycles. The van der Waals surface area contributed by atoms with Crippen molar-refractivity contribution in [2.45, 2.75) is 19.4 Å². The second kappa shape index (κ2) is 5.12. The standard InChI is InChI=1S/C12H13F2N3O/c1-2-5-15-12-16-10(11(18)17-12)8-4-3-7(13)6-9(8)14/h3-4,6,10H,2,5H2,1H3,(H2,15,16,17,18). The molecule has 96 valence electrons. The summed E-state index contributed by atoms with van der Waals surface area (Å²) in [5, 5.41) is 5.30. The summed E-state index contributed by atoms with van der Waals surface area (Å²) in [7, 11) is 0. The van der Waals surface area contributed by atoms with E-state index in [1.807, 2.05) is 6.92 Å². The van der Waals surface area contributed by atoms with Crippen LogP contribution in [0.5, 0.6) is 0 Å². The van der Waals surface area contributed by atoms with Gasteiger partial charge in [0.2, 0.25) is 0 Å². The molecule has 0 radical (unpaired) electrons. The third kappa shape index (κ3) is 2.47. The fraction of sp³-hybridized carbons (Fsp3) is 0.333. The fourth-order valence-electron chi connectivity index (χ4n) is 1.69. The Morgan fingerprint density at radius 1 is 1.39 bits per heavy atom. The number of rotatable bonds is 3. The topological polar surface area (TPSA) is 53.5 Å². The molecule has 1 aliphatic heterocycles. The summed E-state index contributed by atoms with van der Waals surface area (Å²) in [6.45, 7) is 2.53. The van der Waals surface area contributed by atoms with Gasteiger partial charge in [0.05, 0.1) is 0 Å². The van der Waals surface area contributed by atoms with Crippen LogP contribution in [0, 0.1) is 11.6 Å². The molecular formula is C12H13F2N3O. The number of hydrogen-bond acceptors (Lipinski definition) is 2. The Hall–Kier alpha value is -1.98. The molecule has 1 aromatic rings. The molecule has 1 saturated heterocycles. The van der Waals surface area contributed by atoms with Crippen LogP contribution in [-0.2, 0) is 4.79 Å². The van der Waals surface area contributed by atoms with Crippen molar-refractivity contribution in [2.75, 3.05) is 6.54 Å². The molecule has 1 amide bonds. The number of aliphatic imine (C=N–C) groups is 1. The lowest BCUT2D eigenvalue weighted by atomic mass is 10.1. The average molecular weight is 253 g/mol. The number of hydrogen-bond donors (Lipinski definition) is 2. The molecule has 0 aromatic heterocycles.